The highest BCUT2D eigenvalue weighted by molar-refractivity contribution is 9.10. The molecule has 3 aromatic rings. The average molecular weight is 424 g/mol. The van der Waals surface area contributed by atoms with E-state index in [1.165, 1.54) is 12.4 Å². The van der Waals surface area contributed by atoms with Crippen molar-refractivity contribution in [2.24, 2.45) is 7.05 Å². The maximum Gasteiger partial charge on any atom is 0.246 e. The van der Waals surface area contributed by atoms with Crippen molar-refractivity contribution in [3.63, 3.8) is 0 Å². The molecule has 0 fully saturated rings. The molecule has 0 aliphatic carbocycles. The van der Waals surface area contributed by atoms with E-state index >= 15 is 0 Å². The number of anilines is 1. The monoisotopic (exact) mass is 423 g/mol. The molecule has 3 heterocycles. The lowest BCUT2D eigenvalue weighted by Crippen LogP contribution is -2.26. The fourth-order valence-electron chi connectivity index (χ4n) is 3.47. The van der Waals surface area contributed by atoms with E-state index in [1.807, 2.05) is 23.7 Å². The third kappa shape index (κ3) is 2.84. The van der Waals surface area contributed by atoms with Crippen LogP contribution < -0.4 is 5.73 Å². The Morgan fingerprint density at radius 1 is 1.33 bits per heavy atom. The average Bonchev–Trinajstić information content (AvgIpc) is 3.26. The van der Waals surface area contributed by atoms with Crippen molar-refractivity contribution in [2.75, 3.05) is 18.8 Å². The van der Waals surface area contributed by atoms with E-state index in [0.29, 0.717) is 18.9 Å². The van der Waals surface area contributed by atoms with Crippen LogP contribution in [0.2, 0.25) is 0 Å². The van der Waals surface area contributed by atoms with Crippen LogP contribution in [-0.4, -0.2) is 38.4 Å². The number of carbonyl (C=O) groups is 1. The van der Waals surface area contributed by atoms with Gasteiger partial charge in [0, 0.05) is 20.1 Å². The summed E-state index contributed by atoms with van der Waals surface area (Å²) >= 11 is 3.68. The molecule has 136 valence electrons. The molecule has 2 aromatic heterocycles. The van der Waals surface area contributed by atoms with Gasteiger partial charge in [-0.15, -0.1) is 0 Å². The van der Waals surface area contributed by atoms with Crippen LogP contribution in [0.25, 0.3) is 27.9 Å². The Morgan fingerprint density at radius 2 is 2.11 bits per heavy atom. The number of nitrogens with two attached hydrogens (primary N) is 1. The third-order valence-electron chi connectivity index (χ3n) is 4.85. The van der Waals surface area contributed by atoms with Gasteiger partial charge in [-0.2, -0.15) is 0 Å². The molecule has 0 unspecified atom stereocenters. The van der Waals surface area contributed by atoms with Crippen molar-refractivity contribution >= 4 is 44.3 Å². The molecule has 27 heavy (non-hydrogen) atoms. The van der Waals surface area contributed by atoms with E-state index in [2.05, 4.69) is 50.7 Å². The summed E-state index contributed by atoms with van der Waals surface area (Å²) in [4.78, 5) is 22.1. The van der Waals surface area contributed by atoms with E-state index in [0.717, 1.165) is 37.9 Å². The van der Waals surface area contributed by atoms with Gasteiger partial charge in [-0.05, 0) is 44.8 Å². The lowest BCUT2D eigenvalue weighted by Gasteiger charge is -2.14. The van der Waals surface area contributed by atoms with Gasteiger partial charge in [-0.25, -0.2) is 9.97 Å². The van der Waals surface area contributed by atoms with Crippen LogP contribution in [0, 0.1) is 0 Å². The van der Waals surface area contributed by atoms with Crippen LogP contribution in [0.3, 0.4) is 0 Å². The zero-order valence-electron chi connectivity index (χ0n) is 14.8. The van der Waals surface area contributed by atoms with Crippen molar-refractivity contribution in [3.8, 4) is 11.3 Å². The Kier molecular flexibility index (Phi) is 4.31. The summed E-state index contributed by atoms with van der Waals surface area (Å²) < 4.78 is 2.88. The SMILES string of the molecule is C=CC(=O)N1CC=C(c2cccc(-c3c(Br)c4c(N)ncnc4n3C)c2)C1. The Hall–Kier alpha value is -2.93. The number of rotatable bonds is 3. The predicted molar refractivity (Wildman–Crippen MR) is 111 cm³/mol. The van der Waals surface area contributed by atoms with E-state index in [4.69, 9.17) is 5.73 Å². The van der Waals surface area contributed by atoms with Crippen LogP contribution in [0.5, 0.6) is 0 Å². The number of amides is 1. The van der Waals surface area contributed by atoms with Gasteiger partial charge in [-0.3, -0.25) is 4.79 Å². The van der Waals surface area contributed by atoms with Gasteiger partial charge in [0.15, 0.2) is 0 Å². The first-order chi connectivity index (χ1) is 13.0. The Bertz CT molecular complexity index is 1120. The second kappa shape index (κ2) is 6.66. The number of benzene rings is 1. The topological polar surface area (TPSA) is 77.0 Å². The molecule has 0 bridgehead atoms. The fraction of sp³-hybridized carbons (Fsp3) is 0.150. The molecule has 0 atom stereocenters. The standard InChI is InChI=1S/C20H18BrN5O/c1-3-15(27)26-8-7-14(10-26)12-5-4-6-13(9-12)18-17(21)16-19(22)23-11-24-20(16)25(18)2/h3-7,9,11H,1,8,10H2,2H3,(H2,22,23,24). The van der Waals surface area contributed by atoms with Gasteiger partial charge in [0.1, 0.15) is 17.8 Å². The van der Waals surface area contributed by atoms with Crippen LogP contribution in [0.15, 0.2) is 53.8 Å². The minimum Gasteiger partial charge on any atom is -0.383 e. The van der Waals surface area contributed by atoms with E-state index in [1.54, 1.807) is 4.90 Å². The highest BCUT2D eigenvalue weighted by atomic mass is 79.9. The number of carbonyl (C=O) groups excluding carboxylic acids is 1. The second-order valence-corrected chi connectivity index (χ2v) is 7.21. The molecule has 0 saturated heterocycles. The quantitative estimate of drug-likeness (QED) is 0.654. The first-order valence-electron chi connectivity index (χ1n) is 8.46. The molecule has 0 spiro atoms. The highest BCUT2D eigenvalue weighted by Gasteiger charge is 2.21. The largest absolute Gasteiger partial charge is 0.383 e. The van der Waals surface area contributed by atoms with Gasteiger partial charge in [0.05, 0.1) is 15.6 Å². The minimum atomic E-state index is -0.0529. The van der Waals surface area contributed by atoms with Crippen molar-refractivity contribution in [1.29, 1.82) is 0 Å². The molecule has 4 rings (SSSR count). The number of aromatic nitrogens is 3. The van der Waals surface area contributed by atoms with Crippen molar-refractivity contribution in [1.82, 2.24) is 19.4 Å². The van der Waals surface area contributed by atoms with Crippen LogP contribution >= 0.6 is 15.9 Å². The number of aryl methyl sites for hydroxylation is 1. The molecule has 1 amide bonds. The molecule has 6 nitrogen and oxygen atoms in total. The number of fused-ring (bicyclic) bond motifs is 1. The summed E-state index contributed by atoms with van der Waals surface area (Å²) in [6.45, 7) is 4.75. The number of nitrogens with zero attached hydrogens (tertiary/aromatic N) is 4. The number of nitrogen functional groups attached to an aromatic ring is 1. The smallest absolute Gasteiger partial charge is 0.246 e. The van der Waals surface area contributed by atoms with Gasteiger partial charge in [-0.1, -0.05) is 30.9 Å². The Labute approximate surface area is 165 Å². The highest BCUT2D eigenvalue weighted by Crippen LogP contribution is 2.39. The van der Waals surface area contributed by atoms with Gasteiger partial charge in [0.2, 0.25) is 5.91 Å². The maximum absolute atomic E-state index is 11.8. The Balaban J connectivity index is 1.77. The summed E-state index contributed by atoms with van der Waals surface area (Å²) in [6.07, 6.45) is 4.91. The van der Waals surface area contributed by atoms with Crippen molar-refractivity contribution in [3.05, 3.63) is 59.4 Å². The molecule has 2 N–H and O–H groups in total. The van der Waals surface area contributed by atoms with E-state index in [-0.39, 0.29) is 5.91 Å². The molecule has 1 aromatic carbocycles. The van der Waals surface area contributed by atoms with Crippen LogP contribution in [0.1, 0.15) is 5.56 Å². The molecular weight excluding hydrogens is 406 g/mol. The molecule has 0 saturated carbocycles. The van der Waals surface area contributed by atoms with E-state index < -0.39 is 0 Å². The van der Waals surface area contributed by atoms with E-state index in [9.17, 15) is 4.79 Å². The molecule has 1 aliphatic rings. The summed E-state index contributed by atoms with van der Waals surface area (Å²) in [5.41, 5.74) is 11.1. The molecule has 7 heteroatoms. The zero-order valence-corrected chi connectivity index (χ0v) is 16.4. The number of halogens is 1. The summed E-state index contributed by atoms with van der Waals surface area (Å²) in [5, 5.41) is 0.809. The lowest BCUT2D eigenvalue weighted by atomic mass is 10.0. The van der Waals surface area contributed by atoms with Crippen molar-refractivity contribution in [2.45, 2.75) is 0 Å². The first kappa shape index (κ1) is 17.5. The summed E-state index contributed by atoms with van der Waals surface area (Å²) in [7, 11) is 1.96. The zero-order chi connectivity index (χ0) is 19.1. The lowest BCUT2D eigenvalue weighted by molar-refractivity contribution is -0.124. The second-order valence-electron chi connectivity index (χ2n) is 6.41. The van der Waals surface area contributed by atoms with Gasteiger partial charge < -0.3 is 15.2 Å². The van der Waals surface area contributed by atoms with Gasteiger partial charge in [0.25, 0.3) is 0 Å². The van der Waals surface area contributed by atoms with Crippen molar-refractivity contribution < 1.29 is 4.79 Å². The normalized spacial score (nSPS) is 13.9. The van der Waals surface area contributed by atoms with Gasteiger partial charge >= 0.3 is 0 Å². The summed E-state index contributed by atoms with van der Waals surface area (Å²) in [5.74, 6) is 0.393. The predicted octanol–water partition coefficient (Wildman–Crippen LogP) is 3.39. The first-order valence-corrected chi connectivity index (χ1v) is 9.26. The Morgan fingerprint density at radius 3 is 2.85 bits per heavy atom. The molecule has 1 aliphatic heterocycles. The number of hydrogen-bond acceptors (Lipinski definition) is 4. The maximum atomic E-state index is 11.8. The minimum absolute atomic E-state index is 0.0529. The number of hydrogen-bond donors (Lipinski definition) is 1. The fourth-order valence-corrected chi connectivity index (χ4v) is 4.35. The van der Waals surface area contributed by atoms with Crippen LogP contribution in [0.4, 0.5) is 5.82 Å². The third-order valence-corrected chi connectivity index (χ3v) is 5.62. The molecular formula is C20H18BrN5O. The molecule has 0 radical (unpaired) electrons. The van der Waals surface area contributed by atoms with Crippen LogP contribution in [-0.2, 0) is 11.8 Å². The summed E-state index contributed by atoms with van der Waals surface area (Å²) in [6, 6.07) is 8.25.